The number of nitro groups is 1. The molecule has 0 heterocycles. The molecular formula is C18H22N4O2. The molecule has 0 spiro atoms. The van der Waals surface area contributed by atoms with Crippen molar-refractivity contribution in [1.29, 1.82) is 0 Å². The van der Waals surface area contributed by atoms with Crippen molar-refractivity contribution in [3.05, 3.63) is 69.3 Å². The summed E-state index contributed by atoms with van der Waals surface area (Å²) in [7, 11) is 0. The lowest BCUT2D eigenvalue weighted by Gasteiger charge is -2.14. The predicted octanol–water partition coefficient (Wildman–Crippen LogP) is 3.65. The second kappa shape index (κ2) is 8.10. The lowest BCUT2D eigenvalue weighted by molar-refractivity contribution is -0.384. The third kappa shape index (κ3) is 4.32. The van der Waals surface area contributed by atoms with E-state index >= 15 is 0 Å². The molecule has 0 saturated carbocycles. The molecule has 2 rings (SSSR count). The van der Waals surface area contributed by atoms with Crippen LogP contribution >= 0.6 is 0 Å². The van der Waals surface area contributed by atoms with Crippen LogP contribution in [0.3, 0.4) is 0 Å². The first kappa shape index (κ1) is 17.5. The van der Waals surface area contributed by atoms with Gasteiger partial charge in [-0.05, 0) is 29.5 Å². The third-order valence-corrected chi connectivity index (χ3v) is 3.83. The number of aryl methyl sites for hydroxylation is 2. The number of hydrogen-bond acceptors (Lipinski definition) is 3. The minimum Gasteiger partial charge on any atom is -0.370 e. The van der Waals surface area contributed by atoms with Crippen LogP contribution in [0.25, 0.3) is 0 Å². The molecule has 0 aliphatic carbocycles. The molecule has 6 nitrogen and oxygen atoms in total. The van der Waals surface area contributed by atoms with Gasteiger partial charge in [0.05, 0.1) is 11.5 Å². The van der Waals surface area contributed by atoms with E-state index in [1.165, 1.54) is 23.3 Å². The van der Waals surface area contributed by atoms with Gasteiger partial charge in [-0.3, -0.25) is 10.1 Å². The van der Waals surface area contributed by atoms with E-state index in [1.807, 2.05) is 6.07 Å². The van der Waals surface area contributed by atoms with E-state index in [-0.39, 0.29) is 5.69 Å². The number of rotatable bonds is 6. The summed E-state index contributed by atoms with van der Waals surface area (Å²) in [5.74, 6) is 0.337. The molecular weight excluding hydrogens is 304 g/mol. The summed E-state index contributed by atoms with van der Waals surface area (Å²) in [6.45, 7) is 4.57. The molecule has 0 saturated heterocycles. The molecule has 2 aromatic carbocycles. The number of benzene rings is 2. The number of para-hydroxylation sites is 1. The van der Waals surface area contributed by atoms with E-state index in [0.717, 1.165) is 24.1 Å². The normalized spacial score (nSPS) is 11.3. The number of aliphatic imine (C=N–C) groups is 1. The lowest BCUT2D eigenvalue weighted by atomic mass is 10.0. The van der Waals surface area contributed by atoms with Crippen molar-refractivity contribution < 1.29 is 4.92 Å². The number of nitrogens with two attached hydrogens (primary N) is 1. The summed E-state index contributed by atoms with van der Waals surface area (Å²) in [6.07, 6.45) is 1.82. The Morgan fingerprint density at radius 1 is 1.12 bits per heavy atom. The Kier molecular flexibility index (Phi) is 5.89. The summed E-state index contributed by atoms with van der Waals surface area (Å²) in [4.78, 5) is 14.6. The van der Waals surface area contributed by atoms with Crippen molar-refractivity contribution in [1.82, 2.24) is 0 Å². The molecule has 0 aromatic heterocycles. The Bertz CT molecular complexity index is 717. The summed E-state index contributed by atoms with van der Waals surface area (Å²) < 4.78 is 0. The average molecular weight is 326 g/mol. The smallest absolute Gasteiger partial charge is 0.269 e. The molecule has 126 valence electrons. The maximum absolute atomic E-state index is 10.7. The van der Waals surface area contributed by atoms with Gasteiger partial charge < -0.3 is 11.1 Å². The zero-order valence-corrected chi connectivity index (χ0v) is 14.0. The molecule has 2 aromatic rings. The molecule has 0 amide bonds. The zero-order valence-electron chi connectivity index (χ0n) is 14.0. The summed E-state index contributed by atoms with van der Waals surface area (Å²) in [5.41, 5.74) is 10.4. The number of non-ortho nitro benzene ring substituents is 1. The van der Waals surface area contributed by atoms with Crippen LogP contribution in [0.2, 0.25) is 0 Å². The first-order chi connectivity index (χ1) is 11.5. The van der Waals surface area contributed by atoms with Crippen LogP contribution in [-0.2, 0) is 19.4 Å². The fourth-order valence-corrected chi connectivity index (χ4v) is 2.47. The highest BCUT2D eigenvalue weighted by atomic mass is 16.6. The van der Waals surface area contributed by atoms with Gasteiger partial charge in [-0.1, -0.05) is 44.2 Å². The van der Waals surface area contributed by atoms with Gasteiger partial charge >= 0.3 is 0 Å². The van der Waals surface area contributed by atoms with Crippen LogP contribution < -0.4 is 11.1 Å². The van der Waals surface area contributed by atoms with Gasteiger partial charge in [0.25, 0.3) is 5.69 Å². The fourth-order valence-electron chi connectivity index (χ4n) is 2.47. The monoisotopic (exact) mass is 326 g/mol. The van der Waals surface area contributed by atoms with E-state index < -0.39 is 4.92 Å². The van der Waals surface area contributed by atoms with E-state index in [0.29, 0.717) is 12.5 Å². The maximum Gasteiger partial charge on any atom is 0.269 e. The van der Waals surface area contributed by atoms with E-state index in [9.17, 15) is 10.1 Å². The lowest BCUT2D eigenvalue weighted by Crippen LogP contribution is -2.24. The molecule has 0 atom stereocenters. The molecule has 3 N–H and O–H groups in total. The van der Waals surface area contributed by atoms with Crippen LogP contribution in [0.15, 0.2) is 47.5 Å². The van der Waals surface area contributed by atoms with Gasteiger partial charge in [-0.15, -0.1) is 0 Å². The van der Waals surface area contributed by atoms with Gasteiger partial charge in [0.1, 0.15) is 0 Å². The van der Waals surface area contributed by atoms with Crippen LogP contribution in [-0.4, -0.2) is 10.9 Å². The fraction of sp³-hybridized carbons (Fsp3) is 0.278. The summed E-state index contributed by atoms with van der Waals surface area (Å²) >= 11 is 0. The second-order valence-electron chi connectivity index (χ2n) is 5.41. The van der Waals surface area contributed by atoms with Crippen LogP contribution in [0, 0.1) is 10.1 Å². The minimum atomic E-state index is -0.420. The molecule has 0 bridgehead atoms. The standard InChI is InChI=1S/C18H22N4O2/c1-3-14-6-5-7-15(4-2)17(14)21-18(19)20-12-13-8-10-16(11-9-13)22(23)24/h5-11H,3-4,12H2,1-2H3,(H3,19,20,21). The Labute approximate surface area is 141 Å². The quantitative estimate of drug-likeness (QED) is 0.367. The van der Waals surface area contributed by atoms with Crippen molar-refractivity contribution in [2.75, 3.05) is 5.32 Å². The van der Waals surface area contributed by atoms with Crippen LogP contribution in [0.5, 0.6) is 0 Å². The number of nitrogens with zero attached hydrogens (tertiary/aromatic N) is 2. The average Bonchev–Trinajstić information content (AvgIpc) is 2.60. The Hall–Kier alpha value is -2.89. The Morgan fingerprint density at radius 2 is 1.71 bits per heavy atom. The zero-order chi connectivity index (χ0) is 17.5. The van der Waals surface area contributed by atoms with Gasteiger partial charge in [0.2, 0.25) is 0 Å². The second-order valence-corrected chi connectivity index (χ2v) is 5.41. The van der Waals surface area contributed by atoms with E-state index in [4.69, 9.17) is 5.73 Å². The molecule has 6 heteroatoms. The maximum atomic E-state index is 10.7. The number of anilines is 1. The Balaban J connectivity index is 2.11. The number of nitrogens with one attached hydrogen (secondary N) is 1. The number of guanidine groups is 1. The van der Waals surface area contributed by atoms with E-state index in [2.05, 4.69) is 36.3 Å². The topological polar surface area (TPSA) is 93.5 Å². The Morgan fingerprint density at radius 3 is 2.21 bits per heavy atom. The van der Waals surface area contributed by atoms with Crippen molar-refractivity contribution in [3.63, 3.8) is 0 Å². The van der Waals surface area contributed by atoms with Crippen molar-refractivity contribution in [2.24, 2.45) is 10.7 Å². The van der Waals surface area contributed by atoms with Crippen molar-refractivity contribution in [2.45, 2.75) is 33.2 Å². The van der Waals surface area contributed by atoms with E-state index in [1.54, 1.807) is 12.1 Å². The van der Waals surface area contributed by atoms with Crippen LogP contribution in [0.4, 0.5) is 11.4 Å². The molecule has 0 radical (unpaired) electrons. The van der Waals surface area contributed by atoms with Crippen molar-refractivity contribution in [3.8, 4) is 0 Å². The predicted molar refractivity (Wildman–Crippen MR) is 97.2 cm³/mol. The van der Waals surface area contributed by atoms with Gasteiger partial charge in [0.15, 0.2) is 5.96 Å². The summed E-state index contributed by atoms with van der Waals surface area (Å²) in [6, 6.07) is 12.5. The van der Waals surface area contributed by atoms with Gasteiger partial charge in [-0.2, -0.15) is 0 Å². The number of nitro benzene ring substituents is 1. The van der Waals surface area contributed by atoms with Crippen molar-refractivity contribution >= 4 is 17.3 Å². The highest BCUT2D eigenvalue weighted by Crippen LogP contribution is 2.22. The van der Waals surface area contributed by atoms with Crippen LogP contribution in [0.1, 0.15) is 30.5 Å². The molecule has 0 aliphatic heterocycles. The summed E-state index contributed by atoms with van der Waals surface area (Å²) in [5, 5.41) is 13.9. The first-order valence-corrected chi connectivity index (χ1v) is 7.96. The molecule has 0 fully saturated rings. The molecule has 0 aliphatic rings. The van der Waals surface area contributed by atoms with Gasteiger partial charge in [-0.25, -0.2) is 4.99 Å². The SMILES string of the molecule is CCc1cccc(CC)c1NC(N)=NCc1ccc([N+](=O)[O-])cc1. The first-order valence-electron chi connectivity index (χ1n) is 7.96. The largest absolute Gasteiger partial charge is 0.370 e. The third-order valence-electron chi connectivity index (χ3n) is 3.83. The minimum absolute atomic E-state index is 0.0679. The molecule has 24 heavy (non-hydrogen) atoms. The van der Waals surface area contributed by atoms with Gasteiger partial charge in [0, 0.05) is 17.8 Å². The molecule has 0 unspecified atom stereocenters. The highest BCUT2D eigenvalue weighted by molar-refractivity contribution is 5.93. The number of hydrogen-bond donors (Lipinski definition) is 2. The highest BCUT2D eigenvalue weighted by Gasteiger charge is 2.07.